The topological polar surface area (TPSA) is 52.6 Å². The van der Waals surface area contributed by atoms with Crippen molar-refractivity contribution in [1.82, 2.24) is 0 Å². The number of hydrogen-bond acceptors (Lipinski definition) is 4. The second kappa shape index (κ2) is 12.5. The highest BCUT2D eigenvalue weighted by atomic mass is 16.7. The molecule has 5 aromatic carbocycles. The van der Waals surface area contributed by atoms with Crippen molar-refractivity contribution in [2.45, 2.75) is 18.1 Å². The highest BCUT2D eigenvalue weighted by Crippen LogP contribution is 2.32. The molecule has 0 heterocycles. The molecule has 0 radical (unpaired) electrons. The van der Waals surface area contributed by atoms with Crippen LogP contribution in [0, 0.1) is 0 Å². The number of carbonyl (C=O) groups is 2. The number of hydrogen-bond donors (Lipinski definition) is 0. The van der Waals surface area contributed by atoms with Gasteiger partial charge in [-0.1, -0.05) is 152 Å². The van der Waals surface area contributed by atoms with Crippen molar-refractivity contribution in [2.24, 2.45) is 0 Å². The molecule has 0 aliphatic carbocycles. The van der Waals surface area contributed by atoms with Crippen LogP contribution in [0.5, 0.6) is 0 Å². The lowest BCUT2D eigenvalue weighted by atomic mass is 9.91. The van der Waals surface area contributed by atoms with E-state index in [-0.39, 0.29) is 0 Å². The lowest BCUT2D eigenvalue weighted by Gasteiger charge is -2.25. The van der Waals surface area contributed by atoms with Crippen LogP contribution in [0.1, 0.15) is 45.9 Å². The quantitative estimate of drug-likeness (QED) is 0.152. The Morgan fingerprint density at radius 2 is 0.590 bits per heavy atom. The van der Waals surface area contributed by atoms with E-state index < -0.39 is 30.1 Å². The van der Waals surface area contributed by atoms with Gasteiger partial charge in [-0.3, -0.25) is 9.59 Å². The molecule has 0 saturated carbocycles. The molecule has 4 nitrogen and oxygen atoms in total. The molecule has 0 amide bonds. The maximum atomic E-state index is 13.8. The highest BCUT2D eigenvalue weighted by Gasteiger charge is 2.32. The summed E-state index contributed by atoms with van der Waals surface area (Å²) in [6.07, 6.45) is -1.23. The van der Waals surface area contributed by atoms with Crippen LogP contribution >= 0.6 is 0 Å². The third-order valence-electron chi connectivity index (χ3n) is 6.52. The van der Waals surface area contributed by atoms with E-state index in [1.54, 1.807) is 12.1 Å². The van der Waals surface area contributed by atoms with Gasteiger partial charge in [0.25, 0.3) is 6.29 Å². The van der Waals surface area contributed by atoms with Crippen LogP contribution in [-0.2, 0) is 19.1 Å². The van der Waals surface area contributed by atoms with Crippen LogP contribution in [0.15, 0.2) is 152 Å². The van der Waals surface area contributed by atoms with Crippen molar-refractivity contribution in [3.05, 3.63) is 179 Å². The molecule has 192 valence electrons. The van der Waals surface area contributed by atoms with Crippen LogP contribution in [0.3, 0.4) is 0 Å². The second-order valence-corrected chi connectivity index (χ2v) is 9.13. The standard InChI is InChI=1S/C35H28O4/c36-33(31(26-16-6-1-7-17-26)27-18-8-2-9-19-27)38-35(30-24-14-5-15-25-30)39-34(37)32(28-20-10-3-11-21-28)29-22-12-4-13-23-29/h1-25,31-32,35H. The first-order valence-electron chi connectivity index (χ1n) is 12.9. The molecule has 0 spiro atoms. The van der Waals surface area contributed by atoms with E-state index in [1.807, 2.05) is 140 Å². The van der Waals surface area contributed by atoms with Crippen LogP contribution < -0.4 is 0 Å². The van der Waals surface area contributed by atoms with Gasteiger partial charge in [0.15, 0.2) is 0 Å². The molecule has 0 aliphatic rings. The lowest BCUT2D eigenvalue weighted by Crippen LogP contribution is -2.26. The number of benzene rings is 5. The Morgan fingerprint density at radius 3 is 0.846 bits per heavy atom. The summed E-state index contributed by atoms with van der Waals surface area (Å²) in [5.41, 5.74) is 3.73. The molecule has 0 N–H and O–H groups in total. The highest BCUT2D eigenvalue weighted by molar-refractivity contribution is 5.84. The first-order chi connectivity index (χ1) is 19.2. The summed E-state index contributed by atoms with van der Waals surface area (Å²) in [5, 5.41) is 0. The van der Waals surface area contributed by atoms with Crippen molar-refractivity contribution >= 4 is 11.9 Å². The van der Waals surface area contributed by atoms with E-state index in [9.17, 15) is 9.59 Å². The smallest absolute Gasteiger partial charge is 0.321 e. The first kappa shape index (κ1) is 25.7. The maximum Gasteiger partial charge on any atom is 0.321 e. The Hall–Kier alpha value is -4.96. The molecule has 5 aromatic rings. The molecule has 0 aliphatic heterocycles. The third kappa shape index (κ3) is 6.31. The Kier molecular flexibility index (Phi) is 8.25. The SMILES string of the molecule is O=C(OC(OC(=O)C(c1ccccc1)c1ccccc1)c1ccccc1)C(c1ccccc1)c1ccccc1. The summed E-state index contributed by atoms with van der Waals surface area (Å²) in [6, 6.07) is 46.9. The molecule has 5 rings (SSSR count). The van der Waals surface area contributed by atoms with E-state index in [2.05, 4.69) is 0 Å². The predicted molar refractivity (Wildman–Crippen MR) is 151 cm³/mol. The van der Waals surface area contributed by atoms with E-state index in [4.69, 9.17) is 9.47 Å². The lowest BCUT2D eigenvalue weighted by molar-refractivity contribution is -0.190. The van der Waals surface area contributed by atoms with Crippen molar-refractivity contribution < 1.29 is 19.1 Å². The first-order valence-corrected chi connectivity index (χ1v) is 12.9. The monoisotopic (exact) mass is 512 g/mol. The van der Waals surface area contributed by atoms with Crippen molar-refractivity contribution in [2.75, 3.05) is 0 Å². The summed E-state index contributed by atoms with van der Waals surface area (Å²) in [5.74, 6) is -2.39. The second-order valence-electron chi connectivity index (χ2n) is 9.13. The van der Waals surface area contributed by atoms with Gasteiger partial charge in [-0.05, 0) is 22.3 Å². The molecule has 0 unspecified atom stereocenters. The average Bonchev–Trinajstić information content (AvgIpc) is 3.00. The summed E-state index contributed by atoms with van der Waals surface area (Å²) in [4.78, 5) is 27.6. The number of carbonyl (C=O) groups excluding carboxylic acids is 2. The van der Waals surface area contributed by atoms with Gasteiger partial charge in [-0.2, -0.15) is 0 Å². The largest absolute Gasteiger partial charge is 0.420 e. The van der Waals surface area contributed by atoms with Crippen LogP contribution in [0.25, 0.3) is 0 Å². The molecular weight excluding hydrogens is 484 g/mol. The van der Waals surface area contributed by atoms with Gasteiger partial charge in [-0.15, -0.1) is 0 Å². The van der Waals surface area contributed by atoms with Crippen LogP contribution in [-0.4, -0.2) is 11.9 Å². The third-order valence-corrected chi connectivity index (χ3v) is 6.52. The van der Waals surface area contributed by atoms with Gasteiger partial charge in [-0.25, -0.2) is 0 Å². The summed E-state index contributed by atoms with van der Waals surface area (Å²) in [6.45, 7) is 0. The van der Waals surface area contributed by atoms with E-state index in [1.165, 1.54) is 0 Å². The Bertz CT molecular complexity index is 1300. The van der Waals surface area contributed by atoms with Gasteiger partial charge in [0.2, 0.25) is 0 Å². The van der Waals surface area contributed by atoms with Gasteiger partial charge < -0.3 is 9.47 Å². The average molecular weight is 513 g/mol. The molecule has 0 atom stereocenters. The van der Waals surface area contributed by atoms with Gasteiger partial charge in [0.1, 0.15) is 11.8 Å². The van der Waals surface area contributed by atoms with Crippen molar-refractivity contribution in [1.29, 1.82) is 0 Å². The molecule has 0 fully saturated rings. The fourth-order valence-electron chi connectivity index (χ4n) is 4.63. The fourth-order valence-corrected chi connectivity index (χ4v) is 4.63. The zero-order valence-corrected chi connectivity index (χ0v) is 21.3. The minimum Gasteiger partial charge on any atom is -0.420 e. The Balaban J connectivity index is 1.48. The number of esters is 2. The molecule has 0 saturated heterocycles. The van der Waals surface area contributed by atoms with Gasteiger partial charge in [0, 0.05) is 5.56 Å². The maximum absolute atomic E-state index is 13.8. The molecular formula is C35H28O4. The summed E-state index contributed by atoms with van der Waals surface area (Å²) >= 11 is 0. The van der Waals surface area contributed by atoms with Crippen molar-refractivity contribution in [3.8, 4) is 0 Å². The van der Waals surface area contributed by atoms with Crippen molar-refractivity contribution in [3.63, 3.8) is 0 Å². The minimum atomic E-state index is -1.23. The Labute approximate surface area is 228 Å². The van der Waals surface area contributed by atoms with E-state index in [0.717, 1.165) is 22.3 Å². The van der Waals surface area contributed by atoms with Crippen LogP contribution in [0.4, 0.5) is 0 Å². The zero-order chi connectivity index (χ0) is 26.9. The Morgan fingerprint density at radius 1 is 0.359 bits per heavy atom. The predicted octanol–water partition coefficient (Wildman–Crippen LogP) is 7.44. The summed E-state index contributed by atoms with van der Waals surface area (Å²) in [7, 11) is 0. The fraction of sp³-hybridized carbons (Fsp3) is 0.0857. The minimum absolute atomic E-state index is 0.509. The molecule has 0 aromatic heterocycles. The number of ether oxygens (including phenoxy) is 2. The van der Waals surface area contributed by atoms with Gasteiger partial charge in [0.05, 0.1) is 0 Å². The summed E-state index contributed by atoms with van der Waals surface area (Å²) < 4.78 is 12.0. The normalized spacial score (nSPS) is 10.9. The number of rotatable bonds is 9. The molecule has 0 bridgehead atoms. The van der Waals surface area contributed by atoms with E-state index in [0.29, 0.717) is 5.56 Å². The molecule has 39 heavy (non-hydrogen) atoms. The van der Waals surface area contributed by atoms with Gasteiger partial charge >= 0.3 is 11.9 Å². The van der Waals surface area contributed by atoms with E-state index >= 15 is 0 Å². The zero-order valence-electron chi connectivity index (χ0n) is 21.3. The molecule has 4 heteroatoms. The van der Waals surface area contributed by atoms with Crippen LogP contribution in [0.2, 0.25) is 0 Å².